The molecule has 0 aliphatic carbocycles. The van der Waals surface area contributed by atoms with Crippen LogP contribution in [0.1, 0.15) is 24.5 Å². The number of amides is 1. The lowest BCUT2D eigenvalue weighted by molar-refractivity contribution is -0.136. The Morgan fingerprint density at radius 2 is 1.63 bits per heavy atom. The van der Waals surface area contributed by atoms with E-state index in [0.29, 0.717) is 11.3 Å². The second-order valence-corrected chi connectivity index (χ2v) is 7.87. The largest absolute Gasteiger partial charge is 0.481 e. The Balaban J connectivity index is 2.06. The lowest BCUT2D eigenvalue weighted by atomic mass is 10.1. The summed E-state index contributed by atoms with van der Waals surface area (Å²) in [5, 5.41) is 11.4. The maximum Gasteiger partial charge on any atom is 0.307 e. The smallest absolute Gasteiger partial charge is 0.307 e. The minimum atomic E-state index is -3.82. The lowest BCUT2D eigenvalue weighted by Crippen LogP contribution is -2.43. The molecule has 27 heavy (non-hydrogen) atoms. The lowest BCUT2D eigenvalue weighted by Gasteiger charge is -2.17. The molecule has 3 N–H and O–H groups in total. The van der Waals surface area contributed by atoms with Crippen LogP contribution < -0.4 is 10.0 Å². The molecule has 0 aliphatic heterocycles. The van der Waals surface area contributed by atoms with Gasteiger partial charge in [0.05, 0.1) is 11.3 Å². The van der Waals surface area contributed by atoms with Gasteiger partial charge in [-0.1, -0.05) is 36.8 Å². The summed E-state index contributed by atoms with van der Waals surface area (Å²) < 4.78 is 27.4. The van der Waals surface area contributed by atoms with Crippen LogP contribution in [-0.4, -0.2) is 31.4 Å². The fourth-order valence-corrected chi connectivity index (χ4v) is 3.68. The Hall–Kier alpha value is -2.71. The number of hydrogen-bond acceptors (Lipinski definition) is 4. The highest BCUT2D eigenvalue weighted by molar-refractivity contribution is 7.89. The molecule has 0 saturated heterocycles. The van der Waals surface area contributed by atoms with E-state index in [1.807, 2.05) is 6.92 Å². The van der Waals surface area contributed by atoms with Gasteiger partial charge in [0.15, 0.2) is 0 Å². The Labute approximate surface area is 158 Å². The molecule has 0 heterocycles. The third-order valence-corrected chi connectivity index (χ3v) is 5.42. The number of aliphatic carboxylic acids is 1. The van der Waals surface area contributed by atoms with E-state index in [0.717, 1.165) is 5.56 Å². The van der Waals surface area contributed by atoms with Crippen molar-refractivity contribution in [3.8, 4) is 0 Å². The first-order valence-corrected chi connectivity index (χ1v) is 9.90. The van der Waals surface area contributed by atoms with E-state index in [2.05, 4.69) is 10.0 Å². The molecule has 2 aromatic carbocycles. The van der Waals surface area contributed by atoms with Crippen LogP contribution in [0, 0.1) is 6.92 Å². The van der Waals surface area contributed by atoms with E-state index in [9.17, 15) is 18.0 Å². The summed E-state index contributed by atoms with van der Waals surface area (Å²) in [6.45, 7) is 3.56. The second-order valence-electron chi connectivity index (χ2n) is 6.15. The first-order chi connectivity index (χ1) is 12.7. The topological polar surface area (TPSA) is 113 Å². The van der Waals surface area contributed by atoms with Crippen molar-refractivity contribution in [2.75, 3.05) is 5.32 Å². The quantitative estimate of drug-likeness (QED) is 0.640. The summed E-state index contributed by atoms with van der Waals surface area (Å²) in [4.78, 5) is 23.2. The van der Waals surface area contributed by atoms with Gasteiger partial charge in [0.1, 0.15) is 6.04 Å². The fraction of sp³-hybridized carbons (Fsp3) is 0.263. The van der Waals surface area contributed by atoms with Gasteiger partial charge in [-0.15, -0.1) is 0 Å². The van der Waals surface area contributed by atoms with Gasteiger partial charge in [0, 0.05) is 5.69 Å². The highest BCUT2D eigenvalue weighted by Crippen LogP contribution is 2.14. The maximum atomic E-state index is 12.5. The SMILES string of the molecule is CCC(NS(=O)(=O)c1ccc(C)cc1)C(=O)Nc1ccc(CC(=O)O)cc1. The van der Waals surface area contributed by atoms with Crippen molar-refractivity contribution in [3.63, 3.8) is 0 Å². The molecule has 0 bridgehead atoms. The zero-order valence-electron chi connectivity index (χ0n) is 15.1. The monoisotopic (exact) mass is 390 g/mol. The average Bonchev–Trinajstić information content (AvgIpc) is 2.61. The van der Waals surface area contributed by atoms with Gasteiger partial charge in [-0.2, -0.15) is 4.72 Å². The number of aryl methyl sites for hydroxylation is 1. The van der Waals surface area contributed by atoms with Gasteiger partial charge in [0.25, 0.3) is 0 Å². The normalized spacial score (nSPS) is 12.4. The molecule has 1 unspecified atom stereocenters. The predicted octanol–water partition coefficient (Wildman–Crippen LogP) is 2.32. The molecule has 0 aromatic heterocycles. The van der Waals surface area contributed by atoms with Gasteiger partial charge in [-0.05, 0) is 43.2 Å². The van der Waals surface area contributed by atoms with Crippen LogP contribution in [0.15, 0.2) is 53.4 Å². The highest BCUT2D eigenvalue weighted by Gasteiger charge is 2.24. The Morgan fingerprint density at radius 1 is 1.04 bits per heavy atom. The van der Waals surface area contributed by atoms with Crippen LogP contribution in [0.5, 0.6) is 0 Å². The number of nitrogens with one attached hydrogen (secondary N) is 2. The van der Waals surface area contributed by atoms with E-state index in [4.69, 9.17) is 5.11 Å². The summed E-state index contributed by atoms with van der Waals surface area (Å²) in [6.07, 6.45) is 0.163. The van der Waals surface area contributed by atoms with E-state index >= 15 is 0 Å². The van der Waals surface area contributed by atoms with Gasteiger partial charge >= 0.3 is 5.97 Å². The van der Waals surface area contributed by atoms with Crippen LogP contribution in [0.4, 0.5) is 5.69 Å². The number of anilines is 1. The minimum absolute atomic E-state index is 0.0948. The van der Waals surface area contributed by atoms with Crippen LogP contribution >= 0.6 is 0 Å². The van der Waals surface area contributed by atoms with Gasteiger partial charge < -0.3 is 10.4 Å². The van der Waals surface area contributed by atoms with Crippen LogP contribution in [-0.2, 0) is 26.0 Å². The van der Waals surface area contributed by atoms with Gasteiger partial charge in [0.2, 0.25) is 15.9 Å². The molecule has 1 amide bonds. The third kappa shape index (κ3) is 5.90. The third-order valence-electron chi connectivity index (χ3n) is 3.93. The number of rotatable bonds is 8. The predicted molar refractivity (Wildman–Crippen MR) is 102 cm³/mol. The maximum absolute atomic E-state index is 12.5. The van der Waals surface area contributed by atoms with E-state index in [-0.39, 0.29) is 17.7 Å². The minimum Gasteiger partial charge on any atom is -0.481 e. The van der Waals surface area contributed by atoms with Crippen LogP contribution in [0.2, 0.25) is 0 Å². The van der Waals surface area contributed by atoms with Crippen molar-refractivity contribution in [2.45, 2.75) is 37.6 Å². The standard InChI is InChI=1S/C19H22N2O5S/c1-3-17(21-27(25,26)16-10-4-13(2)5-11-16)19(24)20-15-8-6-14(7-9-15)12-18(22)23/h4-11,17,21H,3,12H2,1-2H3,(H,20,24)(H,22,23). The molecule has 0 fully saturated rings. The van der Waals surface area contributed by atoms with E-state index in [1.54, 1.807) is 43.3 Å². The average molecular weight is 390 g/mol. The Kier molecular flexibility index (Phi) is 6.70. The fourth-order valence-electron chi connectivity index (χ4n) is 2.40. The molecule has 7 nitrogen and oxygen atoms in total. The van der Waals surface area contributed by atoms with Crippen LogP contribution in [0.3, 0.4) is 0 Å². The van der Waals surface area contributed by atoms with Crippen LogP contribution in [0.25, 0.3) is 0 Å². The molecule has 2 aromatic rings. The van der Waals surface area contributed by atoms with E-state index in [1.165, 1.54) is 12.1 Å². The van der Waals surface area contributed by atoms with Gasteiger partial charge in [-0.25, -0.2) is 8.42 Å². The number of hydrogen-bond donors (Lipinski definition) is 3. The molecular weight excluding hydrogens is 368 g/mol. The summed E-state index contributed by atoms with van der Waals surface area (Å²) in [5.74, 6) is -1.43. The number of carbonyl (C=O) groups excluding carboxylic acids is 1. The molecule has 0 spiro atoms. The zero-order valence-corrected chi connectivity index (χ0v) is 15.9. The molecule has 0 saturated carbocycles. The van der Waals surface area contributed by atoms with Crippen molar-refractivity contribution in [2.24, 2.45) is 0 Å². The summed E-state index contributed by atoms with van der Waals surface area (Å²) in [5.41, 5.74) is 2.00. The number of carboxylic acid groups (broad SMARTS) is 1. The van der Waals surface area contributed by atoms with Crippen molar-refractivity contribution in [3.05, 3.63) is 59.7 Å². The number of benzene rings is 2. The second kappa shape index (κ2) is 8.79. The molecule has 8 heteroatoms. The molecular formula is C19H22N2O5S. The summed E-state index contributed by atoms with van der Waals surface area (Å²) in [6, 6.07) is 11.8. The zero-order chi connectivity index (χ0) is 20.0. The molecule has 144 valence electrons. The summed E-state index contributed by atoms with van der Waals surface area (Å²) >= 11 is 0. The first-order valence-electron chi connectivity index (χ1n) is 8.42. The highest BCUT2D eigenvalue weighted by atomic mass is 32.2. The Morgan fingerprint density at radius 3 is 2.15 bits per heavy atom. The van der Waals surface area contributed by atoms with Crippen molar-refractivity contribution >= 4 is 27.6 Å². The van der Waals surface area contributed by atoms with Crippen molar-refractivity contribution < 1.29 is 23.1 Å². The van der Waals surface area contributed by atoms with Crippen molar-refractivity contribution in [1.29, 1.82) is 0 Å². The molecule has 0 aliphatic rings. The number of carboxylic acids is 1. The first kappa shape index (κ1) is 20.6. The molecule has 0 radical (unpaired) electrons. The molecule has 2 rings (SSSR count). The molecule has 1 atom stereocenters. The van der Waals surface area contributed by atoms with Crippen molar-refractivity contribution in [1.82, 2.24) is 4.72 Å². The van der Waals surface area contributed by atoms with Gasteiger partial charge in [-0.3, -0.25) is 9.59 Å². The Bertz CT molecular complexity index is 906. The summed E-state index contributed by atoms with van der Waals surface area (Å²) in [7, 11) is -3.82. The number of carbonyl (C=O) groups is 2. The van der Waals surface area contributed by atoms with E-state index < -0.39 is 27.9 Å². The number of sulfonamides is 1.